The Kier molecular flexibility index (Phi) is 4.27. The molecule has 1 atom stereocenters. The van der Waals surface area contributed by atoms with Crippen molar-refractivity contribution in [3.63, 3.8) is 0 Å². The minimum Gasteiger partial charge on any atom is -0.481 e. The molecule has 0 radical (unpaired) electrons. The fraction of sp³-hybridized carbons (Fsp3) is 0.133. The third-order valence-corrected chi connectivity index (χ3v) is 3.19. The predicted molar refractivity (Wildman–Crippen MR) is 73.6 cm³/mol. The van der Waals surface area contributed by atoms with Gasteiger partial charge in [0.15, 0.2) is 0 Å². The number of carboxylic acid groups (broad SMARTS) is 1. The Hall–Kier alpha value is -2.76. The molecule has 0 saturated carbocycles. The van der Waals surface area contributed by atoms with Gasteiger partial charge >= 0.3 is 5.97 Å². The highest BCUT2D eigenvalue weighted by molar-refractivity contribution is 5.77. The van der Waals surface area contributed by atoms with Gasteiger partial charge in [0.2, 0.25) is 0 Å². The van der Waals surface area contributed by atoms with Crippen molar-refractivity contribution in [1.29, 1.82) is 0 Å². The highest BCUT2D eigenvalue weighted by Crippen LogP contribution is 2.28. The molecule has 0 fully saturated rings. The standard InChI is InChI=1S/C15H12FNO4/c16-13-7-3-2-6-11(13)12(15(18)19)9-10-5-1-4-8-14(10)17(20)21/h1-8,12H,9H2,(H,18,19). The van der Waals surface area contributed by atoms with E-state index in [2.05, 4.69) is 0 Å². The van der Waals surface area contributed by atoms with Gasteiger partial charge in [-0.2, -0.15) is 0 Å². The van der Waals surface area contributed by atoms with Crippen molar-refractivity contribution in [1.82, 2.24) is 0 Å². The molecule has 5 nitrogen and oxygen atoms in total. The molecule has 6 heteroatoms. The Bertz CT molecular complexity index is 687. The van der Waals surface area contributed by atoms with E-state index in [9.17, 15) is 24.4 Å². The Labute approximate surface area is 119 Å². The van der Waals surface area contributed by atoms with E-state index < -0.39 is 22.6 Å². The fourth-order valence-electron chi connectivity index (χ4n) is 2.17. The molecule has 0 spiro atoms. The number of carboxylic acids is 1. The van der Waals surface area contributed by atoms with Crippen LogP contribution in [-0.2, 0) is 11.2 Å². The summed E-state index contributed by atoms with van der Waals surface area (Å²) >= 11 is 0. The number of halogens is 1. The molecule has 2 aromatic carbocycles. The van der Waals surface area contributed by atoms with E-state index in [1.807, 2.05) is 0 Å². The van der Waals surface area contributed by atoms with Crippen LogP contribution < -0.4 is 0 Å². The van der Waals surface area contributed by atoms with Gasteiger partial charge in [0.05, 0.1) is 10.8 Å². The molecule has 108 valence electrons. The minimum absolute atomic E-state index is 0.0168. The fourth-order valence-corrected chi connectivity index (χ4v) is 2.17. The van der Waals surface area contributed by atoms with Crippen LogP contribution in [0.3, 0.4) is 0 Å². The molecule has 0 amide bonds. The smallest absolute Gasteiger partial charge is 0.311 e. The van der Waals surface area contributed by atoms with Crippen molar-refractivity contribution in [3.8, 4) is 0 Å². The van der Waals surface area contributed by atoms with E-state index in [0.717, 1.165) is 0 Å². The zero-order valence-corrected chi connectivity index (χ0v) is 10.9. The molecule has 0 saturated heterocycles. The number of para-hydroxylation sites is 1. The molecule has 21 heavy (non-hydrogen) atoms. The SMILES string of the molecule is O=C(O)C(Cc1ccccc1[N+](=O)[O-])c1ccccc1F. The summed E-state index contributed by atoms with van der Waals surface area (Å²) in [5, 5.41) is 20.3. The molecule has 0 aromatic heterocycles. The van der Waals surface area contributed by atoms with Crippen molar-refractivity contribution in [2.24, 2.45) is 0 Å². The van der Waals surface area contributed by atoms with Gasteiger partial charge in [-0.1, -0.05) is 36.4 Å². The van der Waals surface area contributed by atoms with Crippen LogP contribution >= 0.6 is 0 Å². The van der Waals surface area contributed by atoms with Gasteiger partial charge in [0.1, 0.15) is 5.82 Å². The Morgan fingerprint density at radius 3 is 2.43 bits per heavy atom. The van der Waals surface area contributed by atoms with Gasteiger partial charge in [-0.25, -0.2) is 4.39 Å². The molecule has 1 unspecified atom stereocenters. The highest BCUT2D eigenvalue weighted by Gasteiger charge is 2.26. The van der Waals surface area contributed by atoms with E-state index in [1.54, 1.807) is 6.07 Å². The molecular weight excluding hydrogens is 277 g/mol. The van der Waals surface area contributed by atoms with Crippen LogP contribution in [0.2, 0.25) is 0 Å². The maximum absolute atomic E-state index is 13.8. The van der Waals surface area contributed by atoms with E-state index in [4.69, 9.17) is 0 Å². The number of hydrogen-bond donors (Lipinski definition) is 1. The lowest BCUT2D eigenvalue weighted by Gasteiger charge is -2.13. The lowest BCUT2D eigenvalue weighted by molar-refractivity contribution is -0.385. The van der Waals surface area contributed by atoms with E-state index >= 15 is 0 Å². The average molecular weight is 289 g/mol. The largest absolute Gasteiger partial charge is 0.481 e. The van der Waals surface area contributed by atoms with Crippen LogP contribution in [-0.4, -0.2) is 16.0 Å². The average Bonchev–Trinajstić information content (AvgIpc) is 2.45. The van der Waals surface area contributed by atoms with Gasteiger partial charge in [-0.05, 0) is 12.5 Å². The zero-order chi connectivity index (χ0) is 15.4. The van der Waals surface area contributed by atoms with Crippen LogP contribution in [0.4, 0.5) is 10.1 Å². The van der Waals surface area contributed by atoms with E-state index in [1.165, 1.54) is 42.5 Å². The van der Waals surface area contributed by atoms with Crippen molar-refractivity contribution >= 4 is 11.7 Å². The first-order chi connectivity index (χ1) is 10.0. The lowest BCUT2D eigenvalue weighted by atomic mass is 9.91. The molecule has 2 aromatic rings. The van der Waals surface area contributed by atoms with Gasteiger partial charge in [0, 0.05) is 17.2 Å². The molecular formula is C15H12FNO4. The first-order valence-electron chi connectivity index (χ1n) is 6.20. The van der Waals surface area contributed by atoms with Gasteiger partial charge < -0.3 is 5.11 Å². The molecule has 0 aliphatic rings. The third-order valence-electron chi connectivity index (χ3n) is 3.19. The predicted octanol–water partition coefficient (Wildman–Crippen LogP) is 3.14. The first kappa shape index (κ1) is 14.6. The number of aliphatic carboxylic acids is 1. The normalized spacial score (nSPS) is 11.9. The summed E-state index contributed by atoms with van der Waals surface area (Å²) < 4.78 is 13.8. The van der Waals surface area contributed by atoms with E-state index in [0.29, 0.717) is 0 Å². The minimum atomic E-state index is -1.22. The quantitative estimate of drug-likeness (QED) is 0.677. The monoisotopic (exact) mass is 289 g/mol. The number of rotatable bonds is 5. The van der Waals surface area contributed by atoms with Crippen LogP contribution in [0.1, 0.15) is 17.0 Å². The maximum atomic E-state index is 13.8. The van der Waals surface area contributed by atoms with Crippen LogP contribution in [0.25, 0.3) is 0 Å². The number of nitrogens with zero attached hydrogens (tertiary/aromatic N) is 1. The van der Waals surface area contributed by atoms with Crippen molar-refractivity contribution in [2.75, 3.05) is 0 Å². The first-order valence-corrected chi connectivity index (χ1v) is 6.20. The summed E-state index contributed by atoms with van der Waals surface area (Å²) in [5.74, 6) is -3.03. The summed E-state index contributed by atoms with van der Waals surface area (Å²) in [6, 6.07) is 11.4. The highest BCUT2D eigenvalue weighted by atomic mass is 19.1. The molecule has 0 bridgehead atoms. The number of nitro benzene ring substituents is 1. The van der Waals surface area contributed by atoms with Crippen LogP contribution in [0.15, 0.2) is 48.5 Å². The number of nitro groups is 1. The van der Waals surface area contributed by atoms with Crippen molar-refractivity contribution < 1.29 is 19.2 Å². The molecule has 1 N–H and O–H groups in total. The Balaban J connectivity index is 2.41. The number of carbonyl (C=O) groups is 1. The second-order valence-electron chi connectivity index (χ2n) is 4.50. The summed E-state index contributed by atoms with van der Waals surface area (Å²) in [4.78, 5) is 21.8. The lowest BCUT2D eigenvalue weighted by Crippen LogP contribution is -2.16. The molecule has 0 aliphatic carbocycles. The molecule has 0 aliphatic heterocycles. The van der Waals surface area contributed by atoms with Crippen LogP contribution in [0, 0.1) is 15.9 Å². The summed E-state index contributed by atoms with van der Waals surface area (Å²) in [6.45, 7) is 0. The molecule has 2 rings (SSSR count). The number of hydrogen-bond acceptors (Lipinski definition) is 3. The van der Waals surface area contributed by atoms with Crippen LogP contribution in [0.5, 0.6) is 0 Å². The number of benzene rings is 2. The van der Waals surface area contributed by atoms with Gasteiger partial charge in [-0.15, -0.1) is 0 Å². The topological polar surface area (TPSA) is 80.4 Å². The van der Waals surface area contributed by atoms with E-state index in [-0.39, 0.29) is 23.2 Å². The Morgan fingerprint density at radius 2 is 1.81 bits per heavy atom. The van der Waals surface area contributed by atoms with Gasteiger partial charge in [-0.3, -0.25) is 14.9 Å². The summed E-state index contributed by atoms with van der Waals surface area (Å²) in [7, 11) is 0. The van der Waals surface area contributed by atoms with Gasteiger partial charge in [0.25, 0.3) is 5.69 Å². The zero-order valence-electron chi connectivity index (χ0n) is 10.9. The second-order valence-corrected chi connectivity index (χ2v) is 4.50. The molecule has 0 heterocycles. The second kappa shape index (κ2) is 6.13. The summed E-state index contributed by atoms with van der Waals surface area (Å²) in [5.41, 5.74) is 0.112. The van der Waals surface area contributed by atoms with Crippen molar-refractivity contribution in [2.45, 2.75) is 12.3 Å². The summed E-state index contributed by atoms with van der Waals surface area (Å²) in [6.07, 6.45) is -0.145. The Morgan fingerprint density at radius 1 is 1.19 bits per heavy atom. The maximum Gasteiger partial charge on any atom is 0.311 e. The van der Waals surface area contributed by atoms with Crippen molar-refractivity contribution in [3.05, 3.63) is 75.6 Å². The third kappa shape index (κ3) is 3.22.